The molecule has 19 heavy (non-hydrogen) atoms. The summed E-state index contributed by atoms with van der Waals surface area (Å²) < 4.78 is 1.04. The van der Waals surface area contributed by atoms with Crippen LogP contribution in [0, 0.1) is 6.92 Å². The number of halogens is 1. The Morgan fingerprint density at radius 3 is 2.74 bits per heavy atom. The van der Waals surface area contributed by atoms with E-state index in [4.69, 9.17) is 5.73 Å². The summed E-state index contributed by atoms with van der Waals surface area (Å²) in [6.45, 7) is 2.59. The van der Waals surface area contributed by atoms with Gasteiger partial charge in [-0.05, 0) is 42.3 Å². The van der Waals surface area contributed by atoms with Gasteiger partial charge in [-0.1, -0.05) is 28.1 Å². The van der Waals surface area contributed by atoms with Gasteiger partial charge in [0, 0.05) is 15.8 Å². The first-order valence-electron chi connectivity index (χ1n) is 6.03. The van der Waals surface area contributed by atoms with E-state index >= 15 is 0 Å². The maximum atomic E-state index is 12.4. The lowest BCUT2D eigenvalue weighted by molar-refractivity contribution is 0.0997. The Morgan fingerprint density at radius 2 is 2.05 bits per heavy atom. The molecule has 4 heteroatoms. The lowest BCUT2D eigenvalue weighted by atomic mass is 10.1. The van der Waals surface area contributed by atoms with E-state index in [1.54, 1.807) is 11.0 Å². The Morgan fingerprint density at radius 1 is 1.26 bits per heavy atom. The first-order valence-corrected chi connectivity index (χ1v) is 6.82. The second kappa shape index (κ2) is 4.38. The van der Waals surface area contributed by atoms with E-state index in [1.807, 2.05) is 37.3 Å². The van der Waals surface area contributed by atoms with Crippen molar-refractivity contribution in [1.82, 2.24) is 0 Å². The summed E-state index contributed by atoms with van der Waals surface area (Å²) in [6, 6.07) is 11.5. The SMILES string of the molecule is Cc1cc(N2Cc3cccc(N)c3C2=O)ccc1Br. The van der Waals surface area contributed by atoms with Crippen molar-refractivity contribution in [2.24, 2.45) is 0 Å². The van der Waals surface area contributed by atoms with Gasteiger partial charge in [-0.2, -0.15) is 0 Å². The molecule has 0 saturated heterocycles. The van der Waals surface area contributed by atoms with Crippen LogP contribution in [0.4, 0.5) is 11.4 Å². The van der Waals surface area contributed by atoms with E-state index in [0.717, 1.165) is 21.3 Å². The zero-order valence-electron chi connectivity index (χ0n) is 10.5. The van der Waals surface area contributed by atoms with Crippen LogP contribution in [0.1, 0.15) is 21.5 Å². The van der Waals surface area contributed by atoms with Crippen molar-refractivity contribution in [3.8, 4) is 0 Å². The van der Waals surface area contributed by atoms with Crippen molar-refractivity contribution < 1.29 is 4.79 Å². The molecular weight excluding hydrogens is 304 g/mol. The molecule has 0 bridgehead atoms. The van der Waals surface area contributed by atoms with Gasteiger partial charge in [-0.25, -0.2) is 0 Å². The van der Waals surface area contributed by atoms with Crippen LogP contribution in [0.25, 0.3) is 0 Å². The summed E-state index contributed by atoms with van der Waals surface area (Å²) in [5, 5.41) is 0. The maximum Gasteiger partial charge on any atom is 0.261 e. The normalized spacial score (nSPS) is 13.8. The van der Waals surface area contributed by atoms with Gasteiger partial charge in [-0.15, -0.1) is 0 Å². The number of aryl methyl sites for hydroxylation is 1. The third-order valence-electron chi connectivity index (χ3n) is 3.42. The monoisotopic (exact) mass is 316 g/mol. The number of rotatable bonds is 1. The Kier molecular flexibility index (Phi) is 2.82. The number of hydrogen-bond acceptors (Lipinski definition) is 2. The molecule has 1 amide bonds. The minimum atomic E-state index is -0.0187. The zero-order chi connectivity index (χ0) is 13.6. The number of nitrogens with zero attached hydrogens (tertiary/aromatic N) is 1. The highest BCUT2D eigenvalue weighted by Gasteiger charge is 2.30. The predicted octanol–water partition coefficient (Wildman–Crippen LogP) is 3.50. The molecule has 0 spiro atoms. The van der Waals surface area contributed by atoms with E-state index in [0.29, 0.717) is 17.8 Å². The predicted molar refractivity (Wildman–Crippen MR) is 80.2 cm³/mol. The number of amides is 1. The fraction of sp³-hybridized carbons (Fsp3) is 0.133. The molecule has 1 aliphatic rings. The first-order chi connectivity index (χ1) is 9.08. The molecule has 0 radical (unpaired) electrons. The van der Waals surface area contributed by atoms with Crippen molar-refractivity contribution in [3.63, 3.8) is 0 Å². The Labute approximate surface area is 120 Å². The van der Waals surface area contributed by atoms with E-state index < -0.39 is 0 Å². The highest BCUT2D eigenvalue weighted by Crippen LogP contribution is 2.32. The highest BCUT2D eigenvalue weighted by atomic mass is 79.9. The van der Waals surface area contributed by atoms with Crippen LogP contribution < -0.4 is 10.6 Å². The third kappa shape index (κ3) is 1.92. The highest BCUT2D eigenvalue weighted by molar-refractivity contribution is 9.10. The molecule has 0 saturated carbocycles. The average Bonchev–Trinajstić information content (AvgIpc) is 2.72. The lowest BCUT2D eigenvalue weighted by Crippen LogP contribution is -2.23. The van der Waals surface area contributed by atoms with E-state index in [2.05, 4.69) is 15.9 Å². The smallest absolute Gasteiger partial charge is 0.261 e. The van der Waals surface area contributed by atoms with Gasteiger partial charge >= 0.3 is 0 Å². The molecule has 1 aliphatic heterocycles. The number of carbonyl (C=O) groups excluding carboxylic acids is 1. The van der Waals surface area contributed by atoms with Crippen LogP contribution in [0.2, 0.25) is 0 Å². The number of carbonyl (C=O) groups is 1. The molecule has 2 aromatic carbocycles. The van der Waals surface area contributed by atoms with Crippen LogP contribution in [0.5, 0.6) is 0 Å². The fourth-order valence-corrected chi connectivity index (χ4v) is 2.64. The number of anilines is 2. The maximum absolute atomic E-state index is 12.4. The van der Waals surface area contributed by atoms with Gasteiger partial charge in [0.1, 0.15) is 0 Å². The average molecular weight is 317 g/mol. The summed E-state index contributed by atoms with van der Waals surface area (Å²) >= 11 is 3.47. The molecule has 2 N–H and O–H groups in total. The van der Waals surface area contributed by atoms with Gasteiger partial charge in [0.2, 0.25) is 0 Å². The third-order valence-corrected chi connectivity index (χ3v) is 4.31. The van der Waals surface area contributed by atoms with Gasteiger partial charge in [0.15, 0.2) is 0 Å². The van der Waals surface area contributed by atoms with Crippen LogP contribution in [0.15, 0.2) is 40.9 Å². The summed E-state index contributed by atoms with van der Waals surface area (Å²) in [7, 11) is 0. The van der Waals surface area contributed by atoms with Gasteiger partial charge in [0.25, 0.3) is 5.91 Å². The van der Waals surface area contributed by atoms with Crippen molar-refractivity contribution >= 4 is 33.2 Å². The number of benzene rings is 2. The van der Waals surface area contributed by atoms with E-state index in [-0.39, 0.29) is 5.91 Å². The standard InChI is InChI=1S/C15H13BrN2O/c1-9-7-11(5-6-12(9)16)18-8-10-3-2-4-13(17)14(10)15(18)19/h2-7H,8,17H2,1H3. The number of hydrogen-bond donors (Lipinski definition) is 1. The quantitative estimate of drug-likeness (QED) is 0.818. The number of nitrogens with two attached hydrogens (primary N) is 1. The van der Waals surface area contributed by atoms with Crippen LogP contribution >= 0.6 is 15.9 Å². The van der Waals surface area contributed by atoms with Crippen molar-refractivity contribution in [2.75, 3.05) is 10.6 Å². The minimum Gasteiger partial charge on any atom is -0.398 e. The Hall–Kier alpha value is -1.81. The molecule has 0 unspecified atom stereocenters. The summed E-state index contributed by atoms with van der Waals surface area (Å²) in [6.07, 6.45) is 0. The summed E-state index contributed by atoms with van der Waals surface area (Å²) in [4.78, 5) is 14.2. The minimum absolute atomic E-state index is 0.0187. The number of nitrogen functional groups attached to an aromatic ring is 1. The van der Waals surface area contributed by atoms with Crippen molar-refractivity contribution in [1.29, 1.82) is 0 Å². The lowest BCUT2D eigenvalue weighted by Gasteiger charge is -2.16. The molecule has 0 atom stereocenters. The molecule has 3 nitrogen and oxygen atoms in total. The van der Waals surface area contributed by atoms with Crippen LogP contribution in [-0.4, -0.2) is 5.91 Å². The Bertz CT molecular complexity index is 682. The summed E-state index contributed by atoms with van der Waals surface area (Å²) in [5.41, 5.74) is 10.1. The van der Waals surface area contributed by atoms with Crippen LogP contribution in [-0.2, 0) is 6.54 Å². The largest absolute Gasteiger partial charge is 0.398 e. The molecule has 3 rings (SSSR count). The molecule has 96 valence electrons. The van der Waals surface area contributed by atoms with Crippen molar-refractivity contribution in [3.05, 3.63) is 57.6 Å². The molecule has 0 aromatic heterocycles. The Balaban J connectivity index is 2.04. The first kappa shape index (κ1) is 12.2. The molecule has 0 aliphatic carbocycles. The van der Waals surface area contributed by atoms with E-state index in [9.17, 15) is 4.79 Å². The zero-order valence-corrected chi connectivity index (χ0v) is 12.1. The van der Waals surface area contributed by atoms with Crippen LogP contribution in [0.3, 0.4) is 0 Å². The van der Waals surface area contributed by atoms with Gasteiger partial charge in [-0.3, -0.25) is 4.79 Å². The summed E-state index contributed by atoms with van der Waals surface area (Å²) in [5.74, 6) is -0.0187. The molecular formula is C15H13BrN2O. The van der Waals surface area contributed by atoms with Gasteiger partial charge in [0.05, 0.1) is 12.1 Å². The second-order valence-electron chi connectivity index (χ2n) is 4.71. The molecule has 1 heterocycles. The molecule has 0 fully saturated rings. The van der Waals surface area contributed by atoms with Crippen molar-refractivity contribution in [2.45, 2.75) is 13.5 Å². The van der Waals surface area contributed by atoms with E-state index in [1.165, 1.54) is 0 Å². The molecule has 2 aromatic rings. The topological polar surface area (TPSA) is 46.3 Å². The second-order valence-corrected chi connectivity index (χ2v) is 5.56. The fourth-order valence-electron chi connectivity index (χ4n) is 2.39. The number of fused-ring (bicyclic) bond motifs is 1. The van der Waals surface area contributed by atoms with Gasteiger partial charge < -0.3 is 10.6 Å².